The van der Waals surface area contributed by atoms with Crippen molar-refractivity contribution in [1.29, 1.82) is 0 Å². The van der Waals surface area contributed by atoms with E-state index in [0.717, 1.165) is 52.2 Å². The number of thioether (sulfide) groups is 1. The van der Waals surface area contributed by atoms with Gasteiger partial charge >= 0.3 is 41.8 Å². The van der Waals surface area contributed by atoms with Gasteiger partial charge in [0.25, 0.3) is 0 Å². The van der Waals surface area contributed by atoms with Crippen molar-refractivity contribution in [2.24, 2.45) is 0 Å². The van der Waals surface area contributed by atoms with Crippen molar-refractivity contribution >= 4 is 53.5 Å². The maximum Gasteiger partial charge on any atom is 0.303 e. The molecule has 10 atom stereocenters. The van der Waals surface area contributed by atoms with Gasteiger partial charge in [-0.1, -0.05) is 39.0 Å². The standard InChI is InChI=1S/C36H56O18S/c1-9-10-11-12-13-14-16-55-17-15-44-35-33(50-25(7)42)32(49-24(6)41)30(28(52-35)19-46-21(3)38)54-36-34(51-26(8)43)31(48-23(5)40)29(47-22(4)39)27(53-36)18-45-20(2)37/h27-36H,9-19H2,1-8H3/t27-,28-,29+,30+,31+,32+,33-,34-,35-,36?/m1/s1/i2D,4D,5D,8D. The molecule has 0 radical (unpaired) electrons. The molecule has 0 saturated carbocycles. The molecule has 2 aliphatic rings. The van der Waals surface area contributed by atoms with E-state index in [0.29, 0.717) is 5.75 Å². The first kappa shape index (κ1) is 41.1. The van der Waals surface area contributed by atoms with Crippen LogP contribution in [0.15, 0.2) is 0 Å². The van der Waals surface area contributed by atoms with Crippen LogP contribution in [0.25, 0.3) is 0 Å². The van der Waals surface area contributed by atoms with Crippen LogP contribution < -0.4 is 0 Å². The fraction of sp³-hybridized carbons (Fsp3) is 0.806. The van der Waals surface area contributed by atoms with Crippen molar-refractivity contribution in [3.8, 4) is 0 Å². The molecule has 0 aromatic carbocycles. The van der Waals surface area contributed by atoms with Crippen molar-refractivity contribution in [3.63, 3.8) is 0 Å². The smallest absolute Gasteiger partial charge is 0.303 e. The van der Waals surface area contributed by atoms with Gasteiger partial charge in [-0.2, -0.15) is 11.8 Å². The molecule has 2 rings (SSSR count). The average Bonchev–Trinajstić information content (AvgIpc) is 3.20. The lowest BCUT2D eigenvalue weighted by molar-refractivity contribution is -0.360. The largest absolute Gasteiger partial charge is 0.463 e. The first-order valence-corrected chi connectivity index (χ1v) is 18.9. The lowest BCUT2D eigenvalue weighted by atomic mass is 9.96. The van der Waals surface area contributed by atoms with E-state index in [-0.39, 0.29) is 6.61 Å². The van der Waals surface area contributed by atoms with Gasteiger partial charge in [0, 0.05) is 59.6 Å². The normalized spacial score (nSPS) is 28.5. The first-order chi connectivity index (χ1) is 28.2. The van der Waals surface area contributed by atoms with Crippen LogP contribution in [0.3, 0.4) is 0 Å². The Kier molecular flexibility index (Phi) is 18.6. The highest BCUT2D eigenvalue weighted by atomic mass is 32.2. The zero-order valence-electron chi connectivity index (χ0n) is 35.6. The fourth-order valence-corrected chi connectivity index (χ4v) is 6.60. The number of ether oxygens (including phenoxy) is 11. The summed E-state index contributed by atoms with van der Waals surface area (Å²) in [5, 5.41) is 0. The summed E-state index contributed by atoms with van der Waals surface area (Å²) in [5.41, 5.74) is 0. The topological polar surface area (TPSA) is 221 Å². The number of rotatable bonds is 22. The second-order valence-electron chi connectivity index (χ2n) is 12.4. The van der Waals surface area contributed by atoms with Crippen LogP contribution in [-0.4, -0.2) is 135 Å². The van der Waals surface area contributed by atoms with E-state index in [1.807, 2.05) is 0 Å². The number of unbranched alkanes of at least 4 members (excludes halogenated alkanes) is 5. The van der Waals surface area contributed by atoms with Crippen LogP contribution in [0.2, 0.25) is 0 Å². The minimum Gasteiger partial charge on any atom is -0.463 e. The highest BCUT2D eigenvalue weighted by molar-refractivity contribution is 7.99. The number of hydrogen-bond acceptors (Lipinski definition) is 19. The second-order valence-corrected chi connectivity index (χ2v) is 13.7. The quantitative estimate of drug-likeness (QED) is 0.0871. The summed E-state index contributed by atoms with van der Waals surface area (Å²) < 4.78 is 92.1. The molecule has 19 heteroatoms. The van der Waals surface area contributed by atoms with Gasteiger partial charge < -0.3 is 52.1 Å². The third-order valence-corrected chi connectivity index (χ3v) is 8.92. The molecule has 314 valence electrons. The highest BCUT2D eigenvalue weighted by Gasteiger charge is 2.57. The van der Waals surface area contributed by atoms with Gasteiger partial charge in [0.05, 0.1) is 6.61 Å². The first-order valence-electron chi connectivity index (χ1n) is 20.6. The summed E-state index contributed by atoms with van der Waals surface area (Å²) in [4.78, 5) is 87.0. The molecule has 0 aromatic rings. The Hall–Kier alpha value is -3.52. The van der Waals surface area contributed by atoms with Crippen LogP contribution in [0.4, 0.5) is 0 Å². The number of carbonyl (C=O) groups is 7. The summed E-state index contributed by atoms with van der Waals surface area (Å²) in [5.74, 6) is -5.89. The molecular formula is C36H56O18S. The van der Waals surface area contributed by atoms with Gasteiger partial charge in [0.1, 0.15) is 31.5 Å². The summed E-state index contributed by atoms with van der Waals surface area (Å²) >= 11 is 1.63. The number of hydrogen-bond donors (Lipinski definition) is 0. The van der Waals surface area contributed by atoms with Gasteiger partial charge in [-0.25, -0.2) is 0 Å². The molecule has 2 fully saturated rings. The molecule has 2 aliphatic heterocycles. The van der Waals surface area contributed by atoms with Crippen LogP contribution in [0.5, 0.6) is 0 Å². The van der Waals surface area contributed by atoms with E-state index in [2.05, 4.69) is 6.92 Å². The van der Waals surface area contributed by atoms with E-state index in [1.54, 1.807) is 11.8 Å². The molecule has 0 aromatic heterocycles. The summed E-state index contributed by atoms with van der Waals surface area (Å²) in [7, 11) is 0. The maximum absolute atomic E-state index is 12.7. The molecule has 0 aliphatic carbocycles. The predicted molar refractivity (Wildman–Crippen MR) is 190 cm³/mol. The van der Waals surface area contributed by atoms with E-state index in [9.17, 15) is 33.6 Å². The number of carbonyl (C=O) groups excluding carboxylic acids is 7. The molecule has 1 unspecified atom stereocenters. The van der Waals surface area contributed by atoms with Gasteiger partial charge in [0.15, 0.2) is 43.1 Å². The predicted octanol–water partition coefficient (Wildman–Crippen LogP) is 2.72. The fourth-order valence-electron chi connectivity index (χ4n) is 5.77. The van der Waals surface area contributed by atoms with Crippen LogP contribution in [0, 0.1) is 0 Å². The Bertz CT molecular complexity index is 1360. The molecule has 2 saturated heterocycles. The van der Waals surface area contributed by atoms with Gasteiger partial charge in [-0.15, -0.1) is 0 Å². The maximum atomic E-state index is 12.7. The van der Waals surface area contributed by atoms with E-state index < -0.39 is 144 Å². The van der Waals surface area contributed by atoms with Gasteiger partial charge in [-0.3, -0.25) is 33.6 Å². The van der Waals surface area contributed by atoms with Crippen molar-refractivity contribution in [2.75, 3.05) is 31.3 Å². The monoisotopic (exact) mass is 812 g/mol. The highest BCUT2D eigenvalue weighted by Crippen LogP contribution is 2.35. The van der Waals surface area contributed by atoms with Crippen LogP contribution in [-0.2, 0) is 85.7 Å². The van der Waals surface area contributed by atoms with E-state index >= 15 is 0 Å². The Labute approximate surface area is 331 Å². The zero-order chi connectivity index (χ0) is 43.9. The Morgan fingerprint density at radius 1 is 0.527 bits per heavy atom. The van der Waals surface area contributed by atoms with Gasteiger partial charge in [-0.05, 0) is 12.2 Å². The van der Waals surface area contributed by atoms with Gasteiger partial charge in [0.2, 0.25) is 0 Å². The van der Waals surface area contributed by atoms with Crippen molar-refractivity contribution < 1.29 is 91.2 Å². The molecule has 55 heavy (non-hydrogen) atoms. The molecular weight excluding hydrogens is 752 g/mol. The van der Waals surface area contributed by atoms with Crippen LogP contribution in [0.1, 0.15) is 99.3 Å². The minimum atomic E-state index is -2.00. The Morgan fingerprint density at radius 2 is 1.00 bits per heavy atom. The molecule has 0 bridgehead atoms. The van der Waals surface area contributed by atoms with Crippen LogP contribution >= 0.6 is 11.8 Å². The van der Waals surface area contributed by atoms with Crippen molar-refractivity contribution in [2.45, 2.75) is 155 Å². The lowest BCUT2D eigenvalue weighted by Crippen LogP contribution is -2.67. The number of esters is 7. The Balaban J connectivity index is 2.61. The molecule has 0 spiro atoms. The second kappa shape index (κ2) is 24.9. The summed E-state index contributed by atoms with van der Waals surface area (Å²) in [6, 6.07) is 0. The molecule has 2 heterocycles. The summed E-state index contributed by atoms with van der Waals surface area (Å²) in [6.07, 6.45) is -10.3. The Morgan fingerprint density at radius 3 is 1.60 bits per heavy atom. The summed E-state index contributed by atoms with van der Waals surface area (Å²) in [6.45, 7) is 0.290. The minimum absolute atomic E-state index is 0.0820. The average molecular weight is 813 g/mol. The zero-order valence-corrected chi connectivity index (χ0v) is 32.5. The molecule has 0 amide bonds. The van der Waals surface area contributed by atoms with E-state index in [1.165, 1.54) is 12.8 Å². The SMILES string of the molecule is [2H]CC(=O)OC[C@H]1OC(O[C@@H]2[C@H](OC(C)=O)[C@@H](OC(C)=O)[C@H](OCCSCCCCCCCC)O[C@@H]2COC(C)=O)[C@H](OC(=O)C[2H])[C@@H](OC(=O)C[2H])[C@H]1OC(=O)C[2H]. The lowest BCUT2D eigenvalue weighted by Gasteiger charge is -2.48. The molecule has 0 N–H and O–H groups in total. The molecule has 18 nitrogen and oxygen atoms in total. The third kappa shape index (κ3) is 17.4. The van der Waals surface area contributed by atoms with E-state index in [4.69, 9.17) is 57.6 Å². The van der Waals surface area contributed by atoms with Crippen molar-refractivity contribution in [3.05, 3.63) is 0 Å². The van der Waals surface area contributed by atoms with Crippen molar-refractivity contribution in [1.82, 2.24) is 0 Å². The third-order valence-electron chi connectivity index (χ3n) is 7.89.